The highest BCUT2D eigenvalue weighted by Crippen LogP contribution is 2.29. The van der Waals surface area contributed by atoms with E-state index in [-0.39, 0.29) is 0 Å². The minimum atomic E-state index is 0.558. The maximum absolute atomic E-state index is 3.72. The van der Waals surface area contributed by atoms with Gasteiger partial charge in [-0.2, -0.15) is 0 Å². The van der Waals surface area contributed by atoms with Gasteiger partial charge < -0.3 is 10.2 Å². The van der Waals surface area contributed by atoms with Crippen LogP contribution in [0.15, 0.2) is 24.3 Å². The number of nitrogens with one attached hydrogen (secondary N) is 1. The third kappa shape index (κ3) is 3.08. The molecule has 1 aromatic carbocycles. The van der Waals surface area contributed by atoms with E-state index in [1.54, 1.807) is 0 Å². The van der Waals surface area contributed by atoms with E-state index >= 15 is 0 Å². The van der Waals surface area contributed by atoms with Crippen molar-refractivity contribution in [2.24, 2.45) is 0 Å². The van der Waals surface area contributed by atoms with Gasteiger partial charge in [0.1, 0.15) is 0 Å². The van der Waals surface area contributed by atoms with E-state index in [1.165, 1.54) is 30.4 Å². The Bertz CT molecular complexity index is 360. The number of nitrogens with zero attached hydrogens (tertiary/aromatic N) is 1. The largest absolute Gasteiger partial charge is 0.308 e. The summed E-state index contributed by atoms with van der Waals surface area (Å²) in [6.45, 7) is 3.33. The summed E-state index contributed by atoms with van der Waals surface area (Å²) in [7, 11) is 4.28. The fraction of sp³-hybridized carbons (Fsp3) is 0.600. The monoisotopic (exact) mass is 232 g/mol. The topological polar surface area (TPSA) is 15.3 Å². The zero-order valence-corrected chi connectivity index (χ0v) is 11.2. The molecule has 94 valence electrons. The van der Waals surface area contributed by atoms with E-state index in [0.29, 0.717) is 12.1 Å². The SMILES string of the molecule is CC(CNC1CCCc2ccccc21)N(C)C. The van der Waals surface area contributed by atoms with Gasteiger partial charge in [0, 0.05) is 18.6 Å². The number of benzene rings is 1. The summed E-state index contributed by atoms with van der Waals surface area (Å²) < 4.78 is 0. The van der Waals surface area contributed by atoms with Gasteiger partial charge in [0.25, 0.3) is 0 Å². The van der Waals surface area contributed by atoms with Gasteiger partial charge in [-0.05, 0) is 51.4 Å². The van der Waals surface area contributed by atoms with E-state index in [0.717, 1.165) is 6.54 Å². The van der Waals surface area contributed by atoms with Gasteiger partial charge in [-0.1, -0.05) is 24.3 Å². The third-order valence-electron chi connectivity index (χ3n) is 3.91. The fourth-order valence-corrected chi connectivity index (χ4v) is 2.46. The summed E-state index contributed by atoms with van der Waals surface area (Å²) >= 11 is 0. The smallest absolute Gasteiger partial charge is 0.0323 e. The summed E-state index contributed by atoms with van der Waals surface area (Å²) in [5, 5.41) is 3.72. The molecule has 0 fully saturated rings. The van der Waals surface area contributed by atoms with Crippen molar-refractivity contribution in [1.82, 2.24) is 10.2 Å². The molecule has 1 aliphatic rings. The number of aryl methyl sites for hydroxylation is 1. The van der Waals surface area contributed by atoms with Crippen molar-refractivity contribution in [3.05, 3.63) is 35.4 Å². The molecule has 0 heterocycles. The van der Waals surface area contributed by atoms with Crippen LogP contribution in [0.3, 0.4) is 0 Å². The maximum atomic E-state index is 3.72. The van der Waals surface area contributed by atoms with Gasteiger partial charge in [-0.25, -0.2) is 0 Å². The van der Waals surface area contributed by atoms with Crippen molar-refractivity contribution in [1.29, 1.82) is 0 Å². The molecule has 17 heavy (non-hydrogen) atoms. The van der Waals surface area contributed by atoms with Gasteiger partial charge in [0.2, 0.25) is 0 Å². The second-order valence-corrected chi connectivity index (χ2v) is 5.36. The first-order valence-corrected chi connectivity index (χ1v) is 6.66. The molecule has 1 aromatic rings. The first kappa shape index (κ1) is 12.6. The van der Waals surface area contributed by atoms with Crippen LogP contribution >= 0.6 is 0 Å². The van der Waals surface area contributed by atoms with Gasteiger partial charge >= 0.3 is 0 Å². The lowest BCUT2D eigenvalue weighted by Crippen LogP contribution is -2.38. The minimum absolute atomic E-state index is 0.558. The molecule has 0 bridgehead atoms. The van der Waals surface area contributed by atoms with E-state index in [1.807, 2.05) is 0 Å². The molecular weight excluding hydrogens is 208 g/mol. The lowest BCUT2D eigenvalue weighted by atomic mass is 9.87. The number of fused-ring (bicyclic) bond motifs is 1. The second kappa shape index (κ2) is 5.65. The molecule has 0 aliphatic heterocycles. The Morgan fingerprint density at radius 1 is 1.35 bits per heavy atom. The zero-order chi connectivity index (χ0) is 12.3. The van der Waals surface area contributed by atoms with E-state index < -0.39 is 0 Å². The van der Waals surface area contributed by atoms with Crippen LogP contribution in [0.2, 0.25) is 0 Å². The Morgan fingerprint density at radius 2 is 2.12 bits per heavy atom. The fourth-order valence-electron chi connectivity index (χ4n) is 2.46. The highest BCUT2D eigenvalue weighted by Gasteiger charge is 2.19. The van der Waals surface area contributed by atoms with E-state index in [4.69, 9.17) is 0 Å². The Balaban J connectivity index is 1.99. The van der Waals surface area contributed by atoms with Gasteiger partial charge in [0.15, 0.2) is 0 Å². The molecule has 0 aromatic heterocycles. The number of hydrogen-bond acceptors (Lipinski definition) is 2. The Morgan fingerprint density at radius 3 is 2.88 bits per heavy atom. The van der Waals surface area contributed by atoms with Crippen LogP contribution in [0.5, 0.6) is 0 Å². The summed E-state index contributed by atoms with van der Waals surface area (Å²) in [5.74, 6) is 0. The highest BCUT2D eigenvalue weighted by atomic mass is 15.1. The van der Waals surface area contributed by atoms with Crippen molar-refractivity contribution in [3.63, 3.8) is 0 Å². The molecule has 0 saturated heterocycles. The van der Waals surface area contributed by atoms with Crippen LogP contribution in [0.25, 0.3) is 0 Å². The summed E-state index contributed by atoms with van der Waals surface area (Å²) in [4.78, 5) is 2.27. The lowest BCUT2D eigenvalue weighted by Gasteiger charge is -2.29. The molecule has 2 rings (SSSR count). The Hall–Kier alpha value is -0.860. The summed E-state index contributed by atoms with van der Waals surface area (Å²) in [6, 6.07) is 10.0. The first-order valence-electron chi connectivity index (χ1n) is 6.66. The second-order valence-electron chi connectivity index (χ2n) is 5.36. The Labute approximate surface area is 105 Å². The van der Waals surface area contributed by atoms with Crippen LogP contribution in [0, 0.1) is 0 Å². The molecule has 0 amide bonds. The van der Waals surface area contributed by atoms with Crippen molar-refractivity contribution in [2.75, 3.05) is 20.6 Å². The molecule has 2 atom stereocenters. The first-order chi connectivity index (χ1) is 8.18. The number of hydrogen-bond donors (Lipinski definition) is 1. The molecule has 0 saturated carbocycles. The molecule has 1 N–H and O–H groups in total. The molecule has 0 radical (unpaired) electrons. The lowest BCUT2D eigenvalue weighted by molar-refractivity contribution is 0.288. The van der Waals surface area contributed by atoms with Crippen molar-refractivity contribution in [2.45, 2.75) is 38.3 Å². The molecule has 2 unspecified atom stereocenters. The highest BCUT2D eigenvalue weighted by molar-refractivity contribution is 5.32. The van der Waals surface area contributed by atoms with Crippen LogP contribution in [0.4, 0.5) is 0 Å². The molecule has 2 heteroatoms. The Kier molecular flexibility index (Phi) is 4.19. The normalized spacial score (nSPS) is 21.3. The maximum Gasteiger partial charge on any atom is 0.0323 e. The molecular formula is C15H24N2. The van der Waals surface area contributed by atoms with Gasteiger partial charge in [-0.3, -0.25) is 0 Å². The van der Waals surface area contributed by atoms with Crippen LogP contribution in [-0.4, -0.2) is 31.6 Å². The van der Waals surface area contributed by atoms with Crippen molar-refractivity contribution >= 4 is 0 Å². The molecule has 1 aliphatic carbocycles. The van der Waals surface area contributed by atoms with Gasteiger partial charge in [0.05, 0.1) is 0 Å². The van der Waals surface area contributed by atoms with Crippen molar-refractivity contribution in [3.8, 4) is 0 Å². The van der Waals surface area contributed by atoms with Crippen LogP contribution in [-0.2, 0) is 6.42 Å². The average Bonchev–Trinajstić information content (AvgIpc) is 2.35. The summed E-state index contributed by atoms with van der Waals surface area (Å²) in [5.41, 5.74) is 3.05. The average molecular weight is 232 g/mol. The van der Waals surface area contributed by atoms with E-state index in [9.17, 15) is 0 Å². The predicted molar refractivity (Wildman–Crippen MR) is 73.3 cm³/mol. The van der Waals surface area contributed by atoms with E-state index in [2.05, 4.69) is 55.5 Å². The number of rotatable bonds is 4. The van der Waals surface area contributed by atoms with Crippen molar-refractivity contribution < 1.29 is 0 Å². The van der Waals surface area contributed by atoms with Crippen LogP contribution < -0.4 is 5.32 Å². The minimum Gasteiger partial charge on any atom is -0.308 e. The standard InChI is InChI=1S/C15H24N2/c1-12(17(2)3)11-16-15-10-6-8-13-7-4-5-9-14(13)15/h4-5,7,9,12,15-16H,6,8,10-11H2,1-3H3. The quantitative estimate of drug-likeness (QED) is 0.858. The summed E-state index contributed by atoms with van der Waals surface area (Å²) in [6.07, 6.45) is 3.83. The number of likely N-dealkylation sites (N-methyl/N-ethyl adjacent to an activating group) is 1. The third-order valence-corrected chi connectivity index (χ3v) is 3.91. The molecule has 2 nitrogen and oxygen atoms in total. The van der Waals surface area contributed by atoms with Crippen LogP contribution in [0.1, 0.15) is 36.9 Å². The van der Waals surface area contributed by atoms with Gasteiger partial charge in [-0.15, -0.1) is 0 Å². The predicted octanol–water partition coefficient (Wildman–Crippen LogP) is 2.60. The zero-order valence-electron chi connectivity index (χ0n) is 11.2. The molecule has 0 spiro atoms.